The van der Waals surface area contributed by atoms with Crippen molar-refractivity contribution in [3.63, 3.8) is 0 Å². The third-order valence-electron chi connectivity index (χ3n) is 3.00. The standard InChI is InChI=1S/C12H14F4N2O3S/c13-9-2-1-3-10(6-9)21-11-4-5-18(7-11)22(19,20)17-8-12(14,15)16/h1-3,6,11,17H,4-5,7-8H2/t11-/m0/s1. The molecule has 124 valence electrons. The number of benzene rings is 1. The fraction of sp³-hybridized carbons (Fsp3) is 0.500. The van der Waals surface area contributed by atoms with Gasteiger partial charge in [-0.05, 0) is 18.6 Å². The van der Waals surface area contributed by atoms with Crippen LogP contribution in [0, 0.1) is 5.82 Å². The van der Waals surface area contributed by atoms with Gasteiger partial charge in [0.2, 0.25) is 0 Å². The normalized spacial score (nSPS) is 20.3. The molecule has 0 amide bonds. The van der Waals surface area contributed by atoms with Gasteiger partial charge >= 0.3 is 6.18 Å². The average Bonchev–Trinajstić information content (AvgIpc) is 2.85. The van der Waals surface area contributed by atoms with Gasteiger partial charge in [0.15, 0.2) is 0 Å². The van der Waals surface area contributed by atoms with E-state index in [1.54, 1.807) is 0 Å². The van der Waals surface area contributed by atoms with E-state index in [9.17, 15) is 26.0 Å². The lowest BCUT2D eigenvalue weighted by Gasteiger charge is -2.18. The number of alkyl halides is 3. The number of halogens is 4. The second-order valence-electron chi connectivity index (χ2n) is 4.79. The lowest BCUT2D eigenvalue weighted by atomic mass is 10.3. The molecule has 1 atom stereocenters. The molecular weight excluding hydrogens is 328 g/mol. The van der Waals surface area contributed by atoms with E-state index in [2.05, 4.69) is 0 Å². The van der Waals surface area contributed by atoms with Gasteiger partial charge in [-0.2, -0.15) is 30.6 Å². The predicted octanol–water partition coefficient (Wildman–Crippen LogP) is 1.68. The topological polar surface area (TPSA) is 58.6 Å². The molecule has 0 aromatic heterocycles. The van der Waals surface area contributed by atoms with E-state index in [0.717, 1.165) is 10.4 Å². The summed E-state index contributed by atoms with van der Waals surface area (Å²) >= 11 is 0. The molecule has 2 rings (SSSR count). The number of rotatable bonds is 5. The summed E-state index contributed by atoms with van der Waals surface area (Å²) in [5, 5.41) is 0. The Bertz CT molecular complexity index is 621. The van der Waals surface area contributed by atoms with Gasteiger partial charge in [-0.1, -0.05) is 6.07 Å². The van der Waals surface area contributed by atoms with Crippen molar-refractivity contribution in [1.82, 2.24) is 9.03 Å². The molecular formula is C12H14F4N2O3S. The van der Waals surface area contributed by atoms with Crippen LogP contribution in [0.1, 0.15) is 6.42 Å². The molecule has 1 aromatic rings. The van der Waals surface area contributed by atoms with Gasteiger partial charge in [0.25, 0.3) is 10.2 Å². The first-order valence-corrected chi connectivity index (χ1v) is 7.83. The number of nitrogens with one attached hydrogen (secondary N) is 1. The molecule has 1 heterocycles. The van der Waals surface area contributed by atoms with Crippen LogP contribution in [-0.4, -0.2) is 44.6 Å². The van der Waals surface area contributed by atoms with Gasteiger partial charge in [0, 0.05) is 12.6 Å². The Morgan fingerprint density at radius 3 is 2.73 bits per heavy atom. The number of nitrogens with zero attached hydrogens (tertiary/aromatic N) is 1. The minimum absolute atomic E-state index is 0.0349. The predicted molar refractivity (Wildman–Crippen MR) is 70.0 cm³/mol. The molecule has 1 aromatic carbocycles. The van der Waals surface area contributed by atoms with Crippen LogP contribution in [0.15, 0.2) is 24.3 Å². The maximum Gasteiger partial charge on any atom is 0.402 e. The Hall–Kier alpha value is -1.39. The number of hydrogen-bond acceptors (Lipinski definition) is 3. The maximum atomic E-state index is 13.0. The molecule has 5 nitrogen and oxygen atoms in total. The summed E-state index contributed by atoms with van der Waals surface area (Å²) in [7, 11) is -4.22. The molecule has 0 aliphatic carbocycles. The largest absolute Gasteiger partial charge is 0.489 e. The van der Waals surface area contributed by atoms with Gasteiger partial charge < -0.3 is 4.74 Å². The first kappa shape index (κ1) is 17.0. The highest BCUT2D eigenvalue weighted by Crippen LogP contribution is 2.21. The third kappa shape index (κ3) is 4.82. The zero-order valence-corrected chi connectivity index (χ0v) is 12.1. The molecule has 1 aliphatic rings. The van der Waals surface area contributed by atoms with Crippen molar-refractivity contribution in [3.8, 4) is 5.75 Å². The summed E-state index contributed by atoms with van der Waals surface area (Å²) in [6.45, 7) is -1.68. The summed E-state index contributed by atoms with van der Waals surface area (Å²) in [5.41, 5.74) is 0. The van der Waals surface area contributed by atoms with Crippen LogP contribution >= 0.6 is 0 Å². The Morgan fingerprint density at radius 1 is 1.36 bits per heavy atom. The second kappa shape index (κ2) is 6.39. The van der Waals surface area contributed by atoms with Crippen LogP contribution < -0.4 is 9.46 Å². The summed E-state index contributed by atoms with van der Waals surface area (Å²) < 4.78 is 80.5. The van der Waals surface area contributed by atoms with Crippen molar-refractivity contribution in [2.75, 3.05) is 19.6 Å². The molecule has 1 aliphatic heterocycles. The van der Waals surface area contributed by atoms with Gasteiger partial charge in [-0.25, -0.2) is 4.39 Å². The zero-order valence-electron chi connectivity index (χ0n) is 11.3. The lowest BCUT2D eigenvalue weighted by Crippen LogP contribution is -2.43. The van der Waals surface area contributed by atoms with Crippen LogP contribution in [0.2, 0.25) is 0 Å². The molecule has 22 heavy (non-hydrogen) atoms. The molecule has 0 saturated carbocycles. The van der Waals surface area contributed by atoms with E-state index in [0.29, 0.717) is 6.42 Å². The van der Waals surface area contributed by atoms with Crippen molar-refractivity contribution in [2.24, 2.45) is 0 Å². The Kier molecular flexibility index (Phi) is 4.93. The quantitative estimate of drug-likeness (QED) is 0.829. The molecule has 1 saturated heterocycles. The average molecular weight is 342 g/mol. The van der Waals surface area contributed by atoms with Gasteiger partial charge in [0.1, 0.15) is 24.2 Å². The SMILES string of the molecule is O=S(=O)(NCC(F)(F)F)N1CC[C@H](Oc2cccc(F)c2)C1. The van der Waals surface area contributed by atoms with Gasteiger partial charge in [-0.3, -0.25) is 0 Å². The summed E-state index contributed by atoms with van der Waals surface area (Å²) in [6.07, 6.45) is -4.85. The second-order valence-corrected chi connectivity index (χ2v) is 6.54. The van der Waals surface area contributed by atoms with Crippen LogP contribution in [0.3, 0.4) is 0 Å². The summed E-state index contributed by atoms with van der Waals surface area (Å²) in [6, 6.07) is 5.35. The lowest BCUT2D eigenvalue weighted by molar-refractivity contribution is -0.121. The first-order valence-electron chi connectivity index (χ1n) is 6.39. The molecule has 0 radical (unpaired) electrons. The fourth-order valence-corrected chi connectivity index (χ4v) is 3.25. The minimum Gasteiger partial charge on any atom is -0.489 e. The van der Waals surface area contributed by atoms with Crippen LogP contribution in [0.5, 0.6) is 5.75 Å². The zero-order chi connectivity index (χ0) is 16.4. The van der Waals surface area contributed by atoms with Crippen LogP contribution in [0.4, 0.5) is 17.6 Å². The smallest absolute Gasteiger partial charge is 0.402 e. The highest BCUT2D eigenvalue weighted by Gasteiger charge is 2.36. The van der Waals surface area contributed by atoms with E-state index in [1.165, 1.54) is 22.9 Å². The fourth-order valence-electron chi connectivity index (χ4n) is 2.01. The van der Waals surface area contributed by atoms with E-state index in [-0.39, 0.29) is 18.8 Å². The number of hydrogen-bond donors (Lipinski definition) is 1. The molecule has 0 unspecified atom stereocenters. The summed E-state index contributed by atoms with van der Waals surface area (Å²) in [5.74, 6) is -0.251. The van der Waals surface area contributed by atoms with Crippen molar-refractivity contribution in [2.45, 2.75) is 18.7 Å². The van der Waals surface area contributed by atoms with E-state index in [1.807, 2.05) is 0 Å². The van der Waals surface area contributed by atoms with E-state index < -0.39 is 34.9 Å². The van der Waals surface area contributed by atoms with Crippen molar-refractivity contribution in [3.05, 3.63) is 30.1 Å². The highest BCUT2D eigenvalue weighted by molar-refractivity contribution is 7.87. The Balaban J connectivity index is 1.92. The van der Waals surface area contributed by atoms with E-state index in [4.69, 9.17) is 4.74 Å². The van der Waals surface area contributed by atoms with Gasteiger partial charge in [0.05, 0.1) is 6.54 Å². The molecule has 1 N–H and O–H groups in total. The molecule has 0 bridgehead atoms. The van der Waals surface area contributed by atoms with Gasteiger partial charge in [-0.15, -0.1) is 0 Å². The van der Waals surface area contributed by atoms with Crippen molar-refractivity contribution >= 4 is 10.2 Å². The van der Waals surface area contributed by atoms with Crippen molar-refractivity contribution < 1.29 is 30.7 Å². The first-order chi connectivity index (χ1) is 10.2. The van der Waals surface area contributed by atoms with E-state index >= 15 is 0 Å². The molecule has 10 heteroatoms. The molecule has 1 fully saturated rings. The highest BCUT2D eigenvalue weighted by atomic mass is 32.2. The Labute approximate surface area is 125 Å². The van der Waals surface area contributed by atoms with Crippen LogP contribution in [0.25, 0.3) is 0 Å². The van der Waals surface area contributed by atoms with Crippen molar-refractivity contribution in [1.29, 1.82) is 0 Å². The Morgan fingerprint density at radius 2 is 2.09 bits per heavy atom. The monoisotopic (exact) mass is 342 g/mol. The summed E-state index contributed by atoms with van der Waals surface area (Å²) in [4.78, 5) is 0. The van der Waals surface area contributed by atoms with Crippen LogP contribution in [-0.2, 0) is 10.2 Å². The third-order valence-corrected chi connectivity index (χ3v) is 4.52. The number of ether oxygens (including phenoxy) is 1. The molecule has 0 spiro atoms. The minimum atomic E-state index is -4.62. The maximum absolute atomic E-state index is 13.0.